The monoisotopic (exact) mass is 331 g/mol. The summed E-state index contributed by atoms with van der Waals surface area (Å²) in [7, 11) is 0. The number of primary amides is 1. The van der Waals surface area contributed by atoms with Crippen LogP contribution in [0.25, 0.3) is 0 Å². The van der Waals surface area contributed by atoms with E-state index in [-0.39, 0.29) is 17.9 Å². The summed E-state index contributed by atoms with van der Waals surface area (Å²) in [4.78, 5) is 25.8. The van der Waals surface area contributed by atoms with Crippen molar-refractivity contribution in [3.8, 4) is 0 Å². The number of likely N-dealkylation sites (N-methyl/N-ethyl adjacent to an activating group) is 1. The average molecular weight is 331 g/mol. The van der Waals surface area contributed by atoms with E-state index >= 15 is 0 Å². The molecule has 0 fully saturated rings. The molecule has 0 saturated carbocycles. The van der Waals surface area contributed by atoms with Crippen LogP contribution in [0, 0.1) is 5.92 Å². The SMILES string of the molecule is CCN1CCc2cc(CN[C@H](CCC(C)C)C(N)=O)ccc2C1=O. The van der Waals surface area contributed by atoms with Gasteiger partial charge < -0.3 is 16.0 Å². The lowest BCUT2D eigenvalue weighted by atomic mass is 9.96. The molecule has 0 spiro atoms. The lowest BCUT2D eigenvalue weighted by molar-refractivity contribution is -0.120. The molecule has 1 aromatic carbocycles. The Kier molecular flexibility index (Phi) is 6.37. The fraction of sp³-hybridized carbons (Fsp3) is 0.579. The molecule has 1 aliphatic heterocycles. The number of nitrogens with zero attached hydrogens (tertiary/aromatic N) is 1. The number of hydrogen-bond donors (Lipinski definition) is 2. The first-order valence-electron chi connectivity index (χ1n) is 8.86. The molecule has 5 heteroatoms. The minimum Gasteiger partial charge on any atom is -0.368 e. The Morgan fingerprint density at radius 2 is 2.08 bits per heavy atom. The third kappa shape index (κ3) is 4.57. The highest BCUT2D eigenvalue weighted by molar-refractivity contribution is 5.96. The Morgan fingerprint density at radius 1 is 1.33 bits per heavy atom. The van der Waals surface area contributed by atoms with Gasteiger partial charge >= 0.3 is 0 Å². The van der Waals surface area contributed by atoms with E-state index in [1.165, 1.54) is 0 Å². The maximum atomic E-state index is 12.3. The first-order chi connectivity index (χ1) is 11.4. The molecule has 0 aromatic heterocycles. The molecule has 0 unspecified atom stereocenters. The van der Waals surface area contributed by atoms with Gasteiger partial charge in [-0.25, -0.2) is 0 Å². The third-order valence-electron chi connectivity index (χ3n) is 4.65. The first-order valence-corrected chi connectivity index (χ1v) is 8.86. The summed E-state index contributed by atoms with van der Waals surface area (Å²) in [6.45, 7) is 8.39. The van der Waals surface area contributed by atoms with Crippen molar-refractivity contribution in [3.63, 3.8) is 0 Å². The summed E-state index contributed by atoms with van der Waals surface area (Å²) in [5.74, 6) is 0.359. The Balaban J connectivity index is 2.01. The highest BCUT2D eigenvalue weighted by Crippen LogP contribution is 2.20. The summed E-state index contributed by atoms with van der Waals surface area (Å²) in [6.07, 6.45) is 2.60. The van der Waals surface area contributed by atoms with Crippen molar-refractivity contribution >= 4 is 11.8 Å². The lowest BCUT2D eigenvalue weighted by Gasteiger charge is -2.27. The van der Waals surface area contributed by atoms with E-state index in [2.05, 4.69) is 25.2 Å². The zero-order valence-corrected chi connectivity index (χ0v) is 15.0. The van der Waals surface area contributed by atoms with Crippen LogP contribution in [0.2, 0.25) is 0 Å². The molecule has 132 valence electrons. The summed E-state index contributed by atoms with van der Waals surface area (Å²) in [6, 6.07) is 5.64. The predicted molar refractivity (Wildman–Crippen MR) is 95.6 cm³/mol. The van der Waals surface area contributed by atoms with E-state index < -0.39 is 0 Å². The van der Waals surface area contributed by atoms with Crippen molar-refractivity contribution in [1.29, 1.82) is 0 Å². The van der Waals surface area contributed by atoms with Crippen molar-refractivity contribution in [1.82, 2.24) is 10.2 Å². The standard InChI is InChI=1S/C19H29N3O2/c1-4-22-10-9-15-11-14(6-7-16(15)19(22)24)12-21-17(18(20)23)8-5-13(2)3/h6-7,11,13,17,21H,4-5,8-10,12H2,1-3H3,(H2,20,23)/t17-/m1/s1. The van der Waals surface area contributed by atoms with Crippen molar-refractivity contribution in [2.45, 2.75) is 52.6 Å². The van der Waals surface area contributed by atoms with Crippen LogP contribution in [0.3, 0.4) is 0 Å². The van der Waals surface area contributed by atoms with Gasteiger partial charge in [0.25, 0.3) is 5.91 Å². The molecular weight excluding hydrogens is 302 g/mol. The highest BCUT2D eigenvalue weighted by Gasteiger charge is 2.23. The van der Waals surface area contributed by atoms with Crippen LogP contribution in [-0.4, -0.2) is 35.8 Å². The van der Waals surface area contributed by atoms with E-state index in [0.717, 1.165) is 49.0 Å². The zero-order chi connectivity index (χ0) is 17.7. The second-order valence-corrected chi connectivity index (χ2v) is 6.93. The van der Waals surface area contributed by atoms with Crippen LogP contribution < -0.4 is 11.1 Å². The van der Waals surface area contributed by atoms with Gasteiger partial charge in [0.2, 0.25) is 5.91 Å². The molecule has 0 bridgehead atoms. The fourth-order valence-electron chi connectivity index (χ4n) is 3.09. The van der Waals surface area contributed by atoms with Gasteiger partial charge in [0.05, 0.1) is 6.04 Å². The van der Waals surface area contributed by atoms with Gasteiger partial charge in [-0.3, -0.25) is 9.59 Å². The minimum absolute atomic E-state index is 0.116. The van der Waals surface area contributed by atoms with Crippen molar-refractivity contribution < 1.29 is 9.59 Å². The zero-order valence-electron chi connectivity index (χ0n) is 15.0. The maximum Gasteiger partial charge on any atom is 0.254 e. The molecule has 0 aliphatic carbocycles. The Labute approximate surface area is 144 Å². The van der Waals surface area contributed by atoms with Gasteiger partial charge in [-0.2, -0.15) is 0 Å². The predicted octanol–water partition coefficient (Wildman–Crippen LogP) is 2.08. The molecule has 1 aromatic rings. The summed E-state index contributed by atoms with van der Waals surface area (Å²) >= 11 is 0. The number of carbonyl (C=O) groups is 2. The lowest BCUT2D eigenvalue weighted by Crippen LogP contribution is -2.41. The number of rotatable bonds is 8. The summed E-state index contributed by atoms with van der Waals surface area (Å²) in [5.41, 5.74) is 8.48. The quantitative estimate of drug-likeness (QED) is 0.766. The van der Waals surface area contributed by atoms with Gasteiger partial charge in [0.15, 0.2) is 0 Å². The number of nitrogens with two attached hydrogens (primary N) is 1. The largest absolute Gasteiger partial charge is 0.368 e. The van der Waals surface area contributed by atoms with Crippen LogP contribution in [-0.2, 0) is 17.8 Å². The Hall–Kier alpha value is -1.88. The van der Waals surface area contributed by atoms with Gasteiger partial charge in [-0.1, -0.05) is 26.0 Å². The van der Waals surface area contributed by atoms with Gasteiger partial charge in [-0.05, 0) is 49.3 Å². The molecule has 2 rings (SSSR count). The minimum atomic E-state index is -0.305. The molecule has 0 radical (unpaired) electrons. The van der Waals surface area contributed by atoms with Crippen LogP contribution in [0.4, 0.5) is 0 Å². The topological polar surface area (TPSA) is 75.4 Å². The summed E-state index contributed by atoms with van der Waals surface area (Å²) < 4.78 is 0. The molecule has 1 heterocycles. The Bertz CT molecular complexity index is 598. The van der Waals surface area contributed by atoms with Crippen molar-refractivity contribution in [2.75, 3.05) is 13.1 Å². The van der Waals surface area contributed by atoms with Crippen LogP contribution in [0.1, 0.15) is 55.1 Å². The fourth-order valence-corrected chi connectivity index (χ4v) is 3.09. The number of hydrogen-bond acceptors (Lipinski definition) is 3. The van der Waals surface area contributed by atoms with E-state index in [0.29, 0.717) is 12.5 Å². The second kappa shape index (κ2) is 8.29. The normalized spacial score (nSPS) is 15.5. The highest BCUT2D eigenvalue weighted by atomic mass is 16.2. The first kappa shape index (κ1) is 18.5. The molecule has 2 amide bonds. The van der Waals surface area contributed by atoms with Gasteiger partial charge in [0.1, 0.15) is 0 Å². The van der Waals surface area contributed by atoms with Crippen molar-refractivity contribution in [3.05, 3.63) is 34.9 Å². The summed E-state index contributed by atoms with van der Waals surface area (Å²) in [5, 5.41) is 3.26. The van der Waals surface area contributed by atoms with Crippen LogP contribution >= 0.6 is 0 Å². The molecule has 1 aliphatic rings. The van der Waals surface area contributed by atoms with Gasteiger partial charge in [-0.15, -0.1) is 0 Å². The van der Waals surface area contributed by atoms with Crippen molar-refractivity contribution in [2.24, 2.45) is 11.7 Å². The molecule has 3 N–H and O–H groups in total. The molecule has 24 heavy (non-hydrogen) atoms. The average Bonchev–Trinajstić information content (AvgIpc) is 2.54. The molecule has 1 atom stereocenters. The molecule has 5 nitrogen and oxygen atoms in total. The number of nitrogens with one attached hydrogen (secondary N) is 1. The van der Waals surface area contributed by atoms with E-state index in [1.807, 2.05) is 24.0 Å². The number of carbonyl (C=O) groups excluding carboxylic acids is 2. The smallest absolute Gasteiger partial charge is 0.254 e. The van der Waals surface area contributed by atoms with E-state index in [4.69, 9.17) is 5.73 Å². The molecular formula is C19H29N3O2. The number of benzene rings is 1. The van der Waals surface area contributed by atoms with E-state index in [9.17, 15) is 9.59 Å². The van der Waals surface area contributed by atoms with Crippen LogP contribution in [0.15, 0.2) is 18.2 Å². The second-order valence-electron chi connectivity index (χ2n) is 6.93. The number of amides is 2. The Morgan fingerprint density at radius 3 is 2.71 bits per heavy atom. The maximum absolute atomic E-state index is 12.3. The molecule has 0 saturated heterocycles. The third-order valence-corrected chi connectivity index (χ3v) is 4.65. The number of fused-ring (bicyclic) bond motifs is 1. The van der Waals surface area contributed by atoms with E-state index in [1.54, 1.807) is 0 Å². The van der Waals surface area contributed by atoms with Crippen LogP contribution in [0.5, 0.6) is 0 Å². The van der Waals surface area contributed by atoms with Gasteiger partial charge in [0, 0.05) is 25.2 Å².